The highest BCUT2D eigenvalue weighted by Gasteiger charge is 2.05. The molecule has 0 radical (unpaired) electrons. The zero-order valence-corrected chi connectivity index (χ0v) is 10.3. The highest BCUT2D eigenvalue weighted by Crippen LogP contribution is 2.15. The number of ether oxygens (including phenoxy) is 1. The van der Waals surface area contributed by atoms with Gasteiger partial charge in [0, 0.05) is 32.4 Å². The Morgan fingerprint density at radius 1 is 1.56 bits per heavy atom. The summed E-state index contributed by atoms with van der Waals surface area (Å²) >= 11 is 0. The third kappa shape index (κ3) is 3.79. The van der Waals surface area contributed by atoms with Gasteiger partial charge in [-0.3, -0.25) is 0 Å². The Hall–Kier alpha value is -1.13. The third-order valence-electron chi connectivity index (χ3n) is 2.46. The van der Waals surface area contributed by atoms with Gasteiger partial charge in [0.25, 0.3) is 0 Å². The molecule has 4 heteroatoms. The molecule has 1 aromatic heterocycles. The molecule has 1 atom stereocenters. The lowest BCUT2D eigenvalue weighted by atomic mass is 10.1. The summed E-state index contributed by atoms with van der Waals surface area (Å²) in [6.07, 6.45) is 1.80. The molecule has 0 fully saturated rings. The van der Waals surface area contributed by atoms with E-state index in [9.17, 15) is 0 Å². The van der Waals surface area contributed by atoms with Crippen LogP contribution in [0.4, 0.5) is 5.82 Å². The first-order valence-electron chi connectivity index (χ1n) is 5.65. The van der Waals surface area contributed by atoms with Gasteiger partial charge in [0.2, 0.25) is 0 Å². The standard InChI is InChI=1S/C12H21N3O/c1-4-16-8-7-15(3)12-9-11(10(2)13)5-6-14-12/h5-6,9-10H,4,7-8,13H2,1-3H3. The van der Waals surface area contributed by atoms with Gasteiger partial charge in [0.1, 0.15) is 5.82 Å². The molecule has 0 aliphatic rings. The molecule has 1 rings (SSSR count). The lowest BCUT2D eigenvalue weighted by Crippen LogP contribution is -2.23. The van der Waals surface area contributed by atoms with Gasteiger partial charge in [-0.05, 0) is 31.5 Å². The predicted molar refractivity (Wildman–Crippen MR) is 66.6 cm³/mol. The minimum atomic E-state index is 0.0436. The van der Waals surface area contributed by atoms with E-state index >= 15 is 0 Å². The van der Waals surface area contributed by atoms with E-state index in [4.69, 9.17) is 10.5 Å². The third-order valence-corrected chi connectivity index (χ3v) is 2.46. The van der Waals surface area contributed by atoms with Crippen LogP contribution in [0.2, 0.25) is 0 Å². The molecule has 0 bridgehead atoms. The van der Waals surface area contributed by atoms with Crippen molar-refractivity contribution < 1.29 is 4.74 Å². The summed E-state index contributed by atoms with van der Waals surface area (Å²) in [5, 5.41) is 0. The molecule has 2 N–H and O–H groups in total. The summed E-state index contributed by atoms with van der Waals surface area (Å²) in [7, 11) is 2.01. The fourth-order valence-corrected chi connectivity index (χ4v) is 1.39. The van der Waals surface area contributed by atoms with Gasteiger partial charge >= 0.3 is 0 Å². The quantitative estimate of drug-likeness (QED) is 0.744. The Morgan fingerprint density at radius 2 is 2.31 bits per heavy atom. The average molecular weight is 223 g/mol. The molecule has 4 nitrogen and oxygen atoms in total. The van der Waals surface area contributed by atoms with Crippen LogP contribution >= 0.6 is 0 Å². The molecule has 0 amide bonds. The second kappa shape index (κ2) is 6.45. The Bertz CT molecular complexity index is 315. The first-order valence-corrected chi connectivity index (χ1v) is 5.65. The van der Waals surface area contributed by atoms with E-state index < -0.39 is 0 Å². The van der Waals surface area contributed by atoms with Crippen molar-refractivity contribution in [3.05, 3.63) is 23.9 Å². The van der Waals surface area contributed by atoms with E-state index in [0.717, 1.165) is 31.1 Å². The summed E-state index contributed by atoms with van der Waals surface area (Å²) in [6.45, 7) is 6.27. The topological polar surface area (TPSA) is 51.4 Å². The summed E-state index contributed by atoms with van der Waals surface area (Å²) in [6, 6.07) is 4.02. The van der Waals surface area contributed by atoms with Crippen LogP contribution in [0.1, 0.15) is 25.5 Å². The number of rotatable bonds is 6. The molecule has 90 valence electrons. The summed E-state index contributed by atoms with van der Waals surface area (Å²) < 4.78 is 5.31. The van der Waals surface area contributed by atoms with Crippen LogP contribution in [0.3, 0.4) is 0 Å². The van der Waals surface area contributed by atoms with Crippen molar-refractivity contribution in [2.45, 2.75) is 19.9 Å². The van der Waals surface area contributed by atoms with Crippen molar-refractivity contribution in [1.82, 2.24) is 4.98 Å². The molecule has 0 saturated heterocycles. The van der Waals surface area contributed by atoms with E-state index in [-0.39, 0.29) is 6.04 Å². The van der Waals surface area contributed by atoms with E-state index in [1.165, 1.54) is 0 Å². The molecule has 16 heavy (non-hydrogen) atoms. The highest BCUT2D eigenvalue weighted by molar-refractivity contribution is 5.40. The van der Waals surface area contributed by atoms with Crippen LogP contribution in [0.5, 0.6) is 0 Å². The minimum Gasteiger partial charge on any atom is -0.380 e. The first kappa shape index (κ1) is 12.9. The lowest BCUT2D eigenvalue weighted by Gasteiger charge is -2.19. The summed E-state index contributed by atoms with van der Waals surface area (Å²) in [4.78, 5) is 6.39. The molecule has 0 aliphatic heterocycles. The number of nitrogens with zero attached hydrogens (tertiary/aromatic N) is 2. The van der Waals surface area contributed by atoms with Crippen molar-refractivity contribution in [1.29, 1.82) is 0 Å². The maximum absolute atomic E-state index is 5.83. The van der Waals surface area contributed by atoms with Gasteiger partial charge in [0.05, 0.1) is 6.61 Å². The SMILES string of the molecule is CCOCCN(C)c1cc(C(C)N)ccn1. The largest absolute Gasteiger partial charge is 0.380 e. The monoisotopic (exact) mass is 223 g/mol. The number of hydrogen-bond acceptors (Lipinski definition) is 4. The summed E-state index contributed by atoms with van der Waals surface area (Å²) in [5.74, 6) is 0.939. The predicted octanol–water partition coefficient (Wildman–Crippen LogP) is 1.57. The van der Waals surface area contributed by atoms with Crippen molar-refractivity contribution >= 4 is 5.82 Å². The molecule has 1 heterocycles. The zero-order valence-electron chi connectivity index (χ0n) is 10.3. The smallest absolute Gasteiger partial charge is 0.128 e. The second-order valence-corrected chi connectivity index (χ2v) is 3.85. The van der Waals surface area contributed by atoms with Crippen LogP contribution in [0.25, 0.3) is 0 Å². The van der Waals surface area contributed by atoms with Crippen LogP contribution in [-0.2, 0) is 4.74 Å². The van der Waals surface area contributed by atoms with E-state index in [2.05, 4.69) is 9.88 Å². The average Bonchev–Trinajstić information content (AvgIpc) is 2.29. The second-order valence-electron chi connectivity index (χ2n) is 3.85. The van der Waals surface area contributed by atoms with Gasteiger partial charge < -0.3 is 15.4 Å². The van der Waals surface area contributed by atoms with Gasteiger partial charge in [-0.25, -0.2) is 4.98 Å². The fraction of sp³-hybridized carbons (Fsp3) is 0.583. The number of hydrogen-bond donors (Lipinski definition) is 1. The van der Waals surface area contributed by atoms with Crippen molar-refractivity contribution in [3.63, 3.8) is 0 Å². The molecule has 1 aromatic rings. The number of anilines is 1. The number of aromatic nitrogens is 1. The van der Waals surface area contributed by atoms with Crippen molar-refractivity contribution in [2.75, 3.05) is 31.7 Å². The number of pyridine rings is 1. The van der Waals surface area contributed by atoms with Crippen LogP contribution < -0.4 is 10.6 Å². The van der Waals surface area contributed by atoms with Crippen LogP contribution in [0.15, 0.2) is 18.3 Å². The van der Waals surface area contributed by atoms with E-state index in [0.29, 0.717) is 0 Å². The molecule has 0 aliphatic carbocycles. The summed E-state index contributed by atoms with van der Waals surface area (Å²) in [5.41, 5.74) is 6.94. The normalized spacial score (nSPS) is 12.5. The van der Waals surface area contributed by atoms with Gasteiger partial charge in [-0.1, -0.05) is 0 Å². The first-order chi connectivity index (χ1) is 7.65. The molecular formula is C12H21N3O. The van der Waals surface area contributed by atoms with Crippen LogP contribution in [0, 0.1) is 0 Å². The van der Waals surface area contributed by atoms with Crippen molar-refractivity contribution in [3.8, 4) is 0 Å². The lowest BCUT2D eigenvalue weighted by molar-refractivity contribution is 0.154. The minimum absolute atomic E-state index is 0.0436. The Balaban J connectivity index is 2.60. The fourth-order valence-electron chi connectivity index (χ4n) is 1.39. The maximum Gasteiger partial charge on any atom is 0.128 e. The molecule has 1 unspecified atom stereocenters. The van der Waals surface area contributed by atoms with Crippen LogP contribution in [-0.4, -0.2) is 31.8 Å². The van der Waals surface area contributed by atoms with E-state index in [1.807, 2.05) is 33.0 Å². The molecular weight excluding hydrogens is 202 g/mol. The van der Waals surface area contributed by atoms with Crippen molar-refractivity contribution in [2.24, 2.45) is 5.73 Å². The Kier molecular flexibility index (Phi) is 5.22. The van der Waals surface area contributed by atoms with Gasteiger partial charge in [0.15, 0.2) is 0 Å². The van der Waals surface area contributed by atoms with E-state index in [1.54, 1.807) is 6.20 Å². The Morgan fingerprint density at radius 3 is 2.94 bits per heavy atom. The van der Waals surface area contributed by atoms with Gasteiger partial charge in [-0.2, -0.15) is 0 Å². The molecule has 0 spiro atoms. The Labute approximate surface area is 97.4 Å². The number of nitrogens with two attached hydrogens (primary N) is 1. The zero-order chi connectivity index (χ0) is 12.0. The highest BCUT2D eigenvalue weighted by atomic mass is 16.5. The molecule has 0 saturated carbocycles. The number of likely N-dealkylation sites (N-methyl/N-ethyl adjacent to an activating group) is 1. The molecule has 0 aromatic carbocycles. The van der Waals surface area contributed by atoms with Gasteiger partial charge in [-0.15, -0.1) is 0 Å². The maximum atomic E-state index is 5.83.